The molecule has 0 saturated carbocycles. The second kappa shape index (κ2) is 5.00. The summed E-state index contributed by atoms with van der Waals surface area (Å²) in [7, 11) is 2.21. The van der Waals surface area contributed by atoms with Gasteiger partial charge in [-0.15, -0.1) is 0 Å². The summed E-state index contributed by atoms with van der Waals surface area (Å²) in [4.78, 5) is 7.04. The Morgan fingerprint density at radius 1 is 1.39 bits per heavy atom. The standard InChI is InChI=1S/C16H26N2/c1-12-10-17-14(9-15(12)16(2,3)4)8-13-6-7-18(5)11-13/h9-10,13H,6-8,11H2,1-5H3. The predicted molar refractivity (Wildman–Crippen MR) is 77.0 cm³/mol. The van der Waals surface area contributed by atoms with Crippen molar-refractivity contribution in [2.45, 2.75) is 46.0 Å². The molecule has 2 rings (SSSR count). The van der Waals surface area contributed by atoms with Gasteiger partial charge in [0.2, 0.25) is 0 Å². The van der Waals surface area contributed by atoms with Crippen LogP contribution in [0.25, 0.3) is 0 Å². The maximum absolute atomic E-state index is 4.62. The smallest absolute Gasteiger partial charge is 0.0410 e. The van der Waals surface area contributed by atoms with Crippen molar-refractivity contribution in [3.8, 4) is 0 Å². The van der Waals surface area contributed by atoms with Crippen molar-refractivity contribution >= 4 is 0 Å². The minimum atomic E-state index is 0.217. The van der Waals surface area contributed by atoms with Gasteiger partial charge in [0.25, 0.3) is 0 Å². The van der Waals surface area contributed by atoms with Crippen LogP contribution in [0.4, 0.5) is 0 Å². The van der Waals surface area contributed by atoms with E-state index in [1.54, 1.807) is 0 Å². The Hall–Kier alpha value is -0.890. The van der Waals surface area contributed by atoms with E-state index in [2.05, 4.69) is 56.9 Å². The number of likely N-dealkylation sites (tertiary alicyclic amines) is 1. The van der Waals surface area contributed by atoms with E-state index in [0.717, 1.165) is 12.3 Å². The lowest BCUT2D eigenvalue weighted by Crippen LogP contribution is -2.17. The Morgan fingerprint density at radius 3 is 2.67 bits per heavy atom. The third-order valence-corrected chi connectivity index (χ3v) is 3.95. The van der Waals surface area contributed by atoms with Crippen LogP contribution < -0.4 is 0 Å². The topological polar surface area (TPSA) is 16.1 Å². The summed E-state index contributed by atoms with van der Waals surface area (Å²) in [5.41, 5.74) is 4.24. The lowest BCUT2D eigenvalue weighted by Gasteiger charge is -2.22. The van der Waals surface area contributed by atoms with Gasteiger partial charge in [-0.1, -0.05) is 20.8 Å². The van der Waals surface area contributed by atoms with Crippen LogP contribution >= 0.6 is 0 Å². The van der Waals surface area contributed by atoms with Gasteiger partial charge < -0.3 is 4.90 Å². The minimum Gasteiger partial charge on any atom is -0.306 e. The predicted octanol–water partition coefficient (Wildman–Crippen LogP) is 3.18. The molecule has 2 heteroatoms. The molecule has 0 amide bonds. The van der Waals surface area contributed by atoms with E-state index in [4.69, 9.17) is 0 Å². The van der Waals surface area contributed by atoms with Gasteiger partial charge in [-0.25, -0.2) is 0 Å². The van der Waals surface area contributed by atoms with E-state index in [9.17, 15) is 0 Å². The molecule has 0 radical (unpaired) electrons. The van der Waals surface area contributed by atoms with Crippen LogP contribution in [0.1, 0.15) is 44.0 Å². The van der Waals surface area contributed by atoms with E-state index >= 15 is 0 Å². The number of nitrogens with zero attached hydrogens (tertiary/aromatic N) is 2. The molecule has 0 aliphatic carbocycles. The number of rotatable bonds is 2. The Balaban J connectivity index is 2.15. The van der Waals surface area contributed by atoms with Crippen LogP contribution in [0.2, 0.25) is 0 Å². The summed E-state index contributed by atoms with van der Waals surface area (Å²) in [5.74, 6) is 0.790. The average molecular weight is 246 g/mol. The van der Waals surface area contributed by atoms with Crippen molar-refractivity contribution in [3.63, 3.8) is 0 Å². The van der Waals surface area contributed by atoms with Gasteiger partial charge in [-0.05, 0) is 61.9 Å². The molecule has 1 atom stereocenters. The summed E-state index contributed by atoms with van der Waals surface area (Å²) >= 11 is 0. The van der Waals surface area contributed by atoms with Crippen molar-refractivity contribution in [1.82, 2.24) is 9.88 Å². The molecule has 0 spiro atoms. The molecule has 0 aromatic carbocycles. The first-order chi connectivity index (χ1) is 8.36. The summed E-state index contributed by atoms with van der Waals surface area (Å²) in [6, 6.07) is 2.33. The number of aromatic nitrogens is 1. The number of hydrogen-bond acceptors (Lipinski definition) is 2. The second-order valence-electron chi connectivity index (χ2n) is 6.86. The van der Waals surface area contributed by atoms with Gasteiger partial charge in [0.15, 0.2) is 0 Å². The Labute approximate surface area is 111 Å². The molecule has 1 aliphatic rings. The summed E-state index contributed by atoms with van der Waals surface area (Å²) < 4.78 is 0. The van der Waals surface area contributed by atoms with E-state index < -0.39 is 0 Å². The molecule has 2 nitrogen and oxygen atoms in total. The molecule has 0 N–H and O–H groups in total. The fourth-order valence-corrected chi connectivity index (χ4v) is 2.98. The van der Waals surface area contributed by atoms with Crippen LogP contribution in [-0.2, 0) is 11.8 Å². The average Bonchev–Trinajstić information content (AvgIpc) is 2.65. The van der Waals surface area contributed by atoms with Crippen LogP contribution in [0.5, 0.6) is 0 Å². The van der Waals surface area contributed by atoms with Crippen molar-refractivity contribution in [1.29, 1.82) is 0 Å². The maximum Gasteiger partial charge on any atom is 0.0410 e. The maximum atomic E-state index is 4.62. The minimum absolute atomic E-state index is 0.217. The van der Waals surface area contributed by atoms with Crippen molar-refractivity contribution in [2.75, 3.05) is 20.1 Å². The van der Waals surface area contributed by atoms with E-state index in [-0.39, 0.29) is 5.41 Å². The molecular formula is C16H26N2. The van der Waals surface area contributed by atoms with Crippen LogP contribution in [-0.4, -0.2) is 30.0 Å². The number of pyridine rings is 1. The SMILES string of the molecule is Cc1cnc(CC2CCN(C)C2)cc1C(C)(C)C. The lowest BCUT2D eigenvalue weighted by atomic mass is 9.84. The zero-order chi connectivity index (χ0) is 13.3. The third-order valence-electron chi connectivity index (χ3n) is 3.95. The first-order valence-corrected chi connectivity index (χ1v) is 7.01. The van der Waals surface area contributed by atoms with Gasteiger partial charge in [0.1, 0.15) is 0 Å². The number of hydrogen-bond donors (Lipinski definition) is 0. The highest BCUT2D eigenvalue weighted by molar-refractivity contribution is 5.31. The summed E-state index contributed by atoms with van der Waals surface area (Å²) in [6.07, 6.45) is 4.50. The largest absolute Gasteiger partial charge is 0.306 e. The summed E-state index contributed by atoms with van der Waals surface area (Å²) in [6.45, 7) is 11.5. The normalized spacial score (nSPS) is 21.5. The fraction of sp³-hybridized carbons (Fsp3) is 0.688. The van der Waals surface area contributed by atoms with E-state index in [1.807, 2.05) is 0 Å². The van der Waals surface area contributed by atoms with Crippen LogP contribution in [0, 0.1) is 12.8 Å². The molecule has 100 valence electrons. The van der Waals surface area contributed by atoms with Crippen LogP contribution in [0.15, 0.2) is 12.3 Å². The zero-order valence-corrected chi connectivity index (χ0v) is 12.5. The van der Waals surface area contributed by atoms with Crippen LogP contribution in [0.3, 0.4) is 0 Å². The molecule has 1 fully saturated rings. The molecule has 0 bridgehead atoms. The van der Waals surface area contributed by atoms with E-state index in [1.165, 1.54) is 36.3 Å². The molecule has 1 saturated heterocycles. The second-order valence-corrected chi connectivity index (χ2v) is 6.86. The van der Waals surface area contributed by atoms with Crippen molar-refractivity contribution in [2.24, 2.45) is 5.92 Å². The Bertz CT molecular complexity index is 418. The quantitative estimate of drug-likeness (QED) is 0.797. The molecule has 2 heterocycles. The Morgan fingerprint density at radius 2 is 2.11 bits per heavy atom. The molecular weight excluding hydrogens is 220 g/mol. The highest BCUT2D eigenvalue weighted by Gasteiger charge is 2.22. The first kappa shape index (κ1) is 13.5. The van der Waals surface area contributed by atoms with Gasteiger partial charge in [-0.3, -0.25) is 4.98 Å². The number of aryl methyl sites for hydroxylation is 1. The highest BCUT2D eigenvalue weighted by atomic mass is 15.1. The van der Waals surface area contributed by atoms with Gasteiger partial charge >= 0.3 is 0 Å². The molecule has 1 aromatic heterocycles. The fourth-order valence-electron chi connectivity index (χ4n) is 2.98. The van der Waals surface area contributed by atoms with Crippen molar-refractivity contribution in [3.05, 3.63) is 29.1 Å². The summed E-state index contributed by atoms with van der Waals surface area (Å²) in [5, 5.41) is 0. The molecule has 18 heavy (non-hydrogen) atoms. The monoisotopic (exact) mass is 246 g/mol. The van der Waals surface area contributed by atoms with Gasteiger partial charge in [-0.2, -0.15) is 0 Å². The lowest BCUT2D eigenvalue weighted by molar-refractivity contribution is 0.393. The first-order valence-electron chi connectivity index (χ1n) is 7.01. The molecule has 1 aliphatic heterocycles. The Kier molecular flexibility index (Phi) is 3.76. The van der Waals surface area contributed by atoms with Crippen molar-refractivity contribution < 1.29 is 0 Å². The zero-order valence-electron chi connectivity index (χ0n) is 12.5. The molecule has 1 unspecified atom stereocenters. The van der Waals surface area contributed by atoms with Gasteiger partial charge in [0, 0.05) is 18.4 Å². The third kappa shape index (κ3) is 3.11. The molecule has 1 aromatic rings. The highest BCUT2D eigenvalue weighted by Crippen LogP contribution is 2.27. The van der Waals surface area contributed by atoms with E-state index in [0.29, 0.717) is 0 Å². The van der Waals surface area contributed by atoms with Gasteiger partial charge in [0.05, 0.1) is 0 Å².